The van der Waals surface area contributed by atoms with Gasteiger partial charge in [-0.1, -0.05) is 48.5 Å². The second-order valence-corrected chi connectivity index (χ2v) is 6.60. The van der Waals surface area contributed by atoms with E-state index in [9.17, 15) is 0 Å². The van der Waals surface area contributed by atoms with E-state index < -0.39 is 0 Å². The van der Waals surface area contributed by atoms with Crippen molar-refractivity contribution in [1.29, 1.82) is 0 Å². The summed E-state index contributed by atoms with van der Waals surface area (Å²) < 4.78 is 17.4. The Kier molecular flexibility index (Phi) is 5.04. The number of rotatable bonds is 5. The molecule has 4 heteroatoms. The summed E-state index contributed by atoms with van der Waals surface area (Å²) >= 11 is 0. The van der Waals surface area contributed by atoms with Crippen molar-refractivity contribution in [3.63, 3.8) is 0 Å². The molecule has 0 N–H and O–H groups in total. The SMILES string of the molecule is COCc1ccc(CN2Cc3ccccc3OC(c3ccccc3)C2)o1. The Morgan fingerprint density at radius 1 is 0.962 bits per heavy atom. The van der Waals surface area contributed by atoms with E-state index in [4.69, 9.17) is 13.9 Å². The standard InChI is InChI=1S/C22H23NO3/c1-24-16-20-12-11-19(25-20)14-23-13-18-9-5-6-10-21(18)26-22(15-23)17-7-3-2-4-8-17/h2-12,22H,13-16H2,1H3. The van der Waals surface area contributed by atoms with Crippen LogP contribution >= 0.6 is 0 Å². The van der Waals surface area contributed by atoms with Gasteiger partial charge in [-0.25, -0.2) is 0 Å². The molecule has 1 atom stereocenters. The van der Waals surface area contributed by atoms with Gasteiger partial charge in [-0.2, -0.15) is 0 Å². The average molecular weight is 349 g/mol. The van der Waals surface area contributed by atoms with Crippen molar-refractivity contribution < 1.29 is 13.9 Å². The van der Waals surface area contributed by atoms with Crippen molar-refractivity contribution in [2.24, 2.45) is 0 Å². The molecule has 2 heterocycles. The van der Waals surface area contributed by atoms with Gasteiger partial charge in [0.1, 0.15) is 30.0 Å². The Morgan fingerprint density at radius 3 is 2.58 bits per heavy atom. The molecule has 0 saturated heterocycles. The molecule has 134 valence electrons. The maximum absolute atomic E-state index is 6.36. The quantitative estimate of drug-likeness (QED) is 0.676. The summed E-state index contributed by atoms with van der Waals surface area (Å²) in [6.07, 6.45) is -0.00624. The Hall–Kier alpha value is -2.56. The number of furan rings is 1. The lowest BCUT2D eigenvalue weighted by Gasteiger charge is -2.23. The van der Waals surface area contributed by atoms with Crippen LogP contribution in [-0.2, 0) is 24.4 Å². The fourth-order valence-corrected chi connectivity index (χ4v) is 3.39. The van der Waals surface area contributed by atoms with E-state index in [0.29, 0.717) is 6.61 Å². The average Bonchev–Trinajstić information content (AvgIpc) is 3.01. The maximum Gasteiger partial charge on any atom is 0.136 e. The van der Waals surface area contributed by atoms with Gasteiger partial charge in [-0.15, -0.1) is 0 Å². The van der Waals surface area contributed by atoms with Crippen LogP contribution in [0.2, 0.25) is 0 Å². The molecule has 0 spiro atoms. The highest BCUT2D eigenvalue weighted by molar-refractivity contribution is 5.35. The van der Waals surface area contributed by atoms with Crippen molar-refractivity contribution >= 4 is 0 Å². The predicted molar refractivity (Wildman–Crippen MR) is 99.8 cm³/mol. The van der Waals surface area contributed by atoms with E-state index in [1.165, 1.54) is 11.1 Å². The first-order valence-corrected chi connectivity index (χ1v) is 8.90. The number of para-hydroxylation sites is 1. The van der Waals surface area contributed by atoms with Crippen LogP contribution in [0, 0.1) is 0 Å². The van der Waals surface area contributed by atoms with Gasteiger partial charge in [0.25, 0.3) is 0 Å². The number of nitrogens with zero attached hydrogens (tertiary/aromatic N) is 1. The number of methoxy groups -OCH3 is 1. The van der Waals surface area contributed by atoms with Crippen LogP contribution in [0.5, 0.6) is 5.75 Å². The second kappa shape index (κ2) is 7.77. The van der Waals surface area contributed by atoms with Crippen LogP contribution in [0.4, 0.5) is 0 Å². The molecule has 1 aliphatic heterocycles. The highest BCUT2D eigenvalue weighted by Crippen LogP contribution is 2.31. The normalized spacial score (nSPS) is 17.3. The third-order valence-electron chi connectivity index (χ3n) is 4.61. The van der Waals surface area contributed by atoms with Crippen molar-refractivity contribution in [3.8, 4) is 5.75 Å². The summed E-state index contributed by atoms with van der Waals surface area (Å²) in [5.41, 5.74) is 2.39. The monoisotopic (exact) mass is 349 g/mol. The van der Waals surface area contributed by atoms with Gasteiger partial charge in [0.05, 0.1) is 6.54 Å². The minimum absolute atomic E-state index is 0.00624. The maximum atomic E-state index is 6.36. The molecule has 0 fully saturated rings. The van der Waals surface area contributed by atoms with E-state index in [0.717, 1.165) is 36.9 Å². The molecule has 1 aliphatic rings. The zero-order chi connectivity index (χ0) is 17.8. The summed E-state index contributed by atoms with van der Waals surface area (Å²) in [6.45, 7) is 2.88. The van der Waals surface area contributed by atoms with Gasteiger partial charge in [0.15, 0.2) is 0 Å². The van der Waals surface area contributed by atoms with Gasteiger partial charge in [-0.3, -0.25) is 4.90 Å². The zero-order valence-corrected chi connectivity index (χ0v) is 14.9. The highest BCUT2D eigenvalue weighted by atomic mass is 16.5. The molecule has 2 aromatic carbocycles. The van der Waals surface area contributed by atoms with E-state index >= 15 is 0 Å². The predicted octanol–water partition coefficient (Wildman–Crippen LogP) is 4.56. The third kappa shape index (κ3) is 3.82. The first-order valence-electron chi connectivity index (χ1n) is 8.90. The number of hydrogen-bond acceptors (Lipinski definition) is 4. The smallest absolute Gasteiger partial charge is 0.136 e. The van der Waals surface area contributed by atoms with Crippen LogP contribution in [0.1, 0.15) is 28.8 Å². The lowest BCUT2D eigenvalue weighted by Crippen LogP contribution is -2.27. The zero-order valence-electron chi connectivity index (χ0n) is 14.9. The number of benzene rings is 2. The molecular formula is C22H23NO3. The van der Waals surface area contributed by atoms with Crippen molar-refractivity contribution in [3.05, 3.63) is 89.4 Å². The molecule has 4 nitrogen and oxygen atoms in total. The van der Waals surface area contributed by atoms with Crippen molar-refractivity contribution in [2.45, 2.75) is 25.8 Å². The molecule has 0 bridgehead atoms. The van der Waals surface area contributed by atoms with E-state index in [1.807, 2.05) is 24.3 Å². The Bertz CT molecular complexity index is 843. The van der Waals surface area contributed by atoms with Crippen LogP contribution in [0.3, 0.4) is 0 Å². The van der Waals surface area contributed by atoms with E-state index in [1.54, 1.807) is 7.11 Å². The molecular weight excluding hydrogens is 326 g/mol. The summed E-state index contributed by atoms with van der Waals surface area (Å²) in [5, 5.41) is 0. The summed E-state index contributed by atoms with van der Waals surface area (Å²) in [4.78, 5) is 2.37. The largest absolute Gasteiger partial charge is 0.484 e. The van der Waals surface area contributed by atoms with Gasteiger partial charge in [-0.05, 0) is 23.8 Å². The number of hydrogen-bond donors (Lipinski definition) is 0. The Balaban J connectivity index is 1.59. The fraction of sp³-hybridized carbons (Fsp3) is 0.273. The van der Waals surface area contributed by atoms with Crippen LogP contribution in [0.25, 0.3) is 0 Å². The van der Waals surface area contributed by atoms with Crippen LogP contribution < -0.4 is 4.74 Å². The third-order valence-corrected chi connectivity index (χ3v) is 4.61. The van der Waals surface area contributed by atoms with Crippen molar-refractivity contribution in [2.75, 3.05) is 13.7 Å². The highest BCUT2D eigenvalue weighted by Gasteiger charge is 2.24. The van der Waals surface area contributed by atoms with Gasteiger partial charge in [0, 0.05) is 25.8 Å². The second-order valence-electron chi connectivity index (χ2n) is 6.60. The van der Waals surface area contributed by atoms with Gasteiger partial charge >= 0.3 is 0 Å². The summed E-state index contributed by atoms with van der Waals surface area (Å²) in [6, 6.07) is 22.7. The molecule has 4 rings (SSSR count). The molecule has 1 aromatic heterocycles. The molecule has 0 radical (unpaired) electrons. The minimum atomic E-state index is -0.00624. The summed E-state index contributed by atoms with van der Waals surface area (Å²) in [5.74, 6) is 2.76. The van der Waals surface area contributed by atoms with E-state index in [2.05, 4.69) is 47.4 Å². The summed E-state index contributed by atoms with van der Waals surface area (Å²) in [7, 11) is 1.68. The molecule has 0 saturated carbocycles. The van der Waals surface area contributed by atoms with E-state index in [-0.39, 0.29) is 6.10 Å². The lowest BCUT2D eigenvalue weighted by atomic mass is 10.1. The van der Waals surface area contributed by atoms with Gasteiger partial charge < -0.3 is 13.9 Å². The molecule has 0 aliphatic carbocycles. The molecule has 26 heavy (non-hydrogen) atoms. The Morgan fingerprint density at radius 2 is 1.73 bits per heavy atom. The first-order chi connectivity index (χ1) is 12.8. The minimum Gasteiger partial charge on any atom is -0.484 e. The topological polar surface area (TPSA) is 34.8 Å². The number of ether oxygens (including phenoxy) is 2. The molecule has 1 unspecified atom stereocenters. The molecule has 0 amide bonds. The Labute approximate surface area is 154 Å². The molecule has 3 aromatic rings. The van der Waals surface area contributed by atoms with Crippen molar-refractivity contribution in [1.82, 2.24) is 4.90 Å². The van der Waals surface area contributed by atoms with Crippen LogP contribution in [-0.4, -0.2) is 18.6 Å². The first kappa shape index (κ1) is 16.9. The fourth-order valence-electron chi connectivity index (χ4n) is 3.39. The lowest BCUT2D eigenvalue weighted by molar-refractivity contribution is 0.133. The van der Waals surface area contributed by atoms with Gasteiger partial charge in [0.2, 0.25) is 0 Å². The number of fused-ring (bicyclic) bond motifs is 1. The van der Waals surface area contributed by atoms with Crippen LogP contribution in [0.15, 0.2) is 71.1 Å².